The zero-order valence-corrected chi connectivity index (χ0v) is 22.3. The van der Waals surface area contributed by atoms with Gasteiger partial charge in [0.25, 0.3) is 11.5 Å². The monoisotopic (exact) mass is 566 g/mol. The maximum absolute atomic E-state index is 13.3. The van der Waals surface area contributed by atoms with Crippen molar-refractivity contribution in [3.05, 3.63) is 62.4 Å². The Labute approximate surface area is 227 Å². The number of esters is 1. The molecule has 0 radical (unpaired) electrons. The van der Waals surface area contributed by atoms with Gasteiger partial charge < -0.3 is 18.9 Å². The van der Waals surface area contributed by atoms with Crippen molar-refractivity contribution < 1.29 is 41.7 Å². The van der Waals surface area contributed by atoms with E-state index in [1.807, 2.05) is 13.8 Å². The minimum atomic E-state index is -5.21. The number of benzene rings is 1. The summed E-state index contributed by atoms with van der Waals surface area (Å²) in [6, 6.07) is 5.76. The number of hydrogen-bond donors (Lipinski definition) is 0. The maximum Gasteiger partial charge on any atom is 0.490 e. The Balaban J connectivity index is 1.90. The molecule has 40 heavy (non-hydrogen) atoms. The quantitative estimate of drug-likeness (QED) is 0.354. The van der Waals surface area contributed by atoms with Gasteiger partial charge >= 0.3 is 17.8 Å². The highest BCUT2D eigenvalue weighted by Gasteiger charge is 2.44. The van der Waals surface area contributed by atoms with E-state index in [0.717, 1.165) is 4.57 Å². The van der Waals surface area contributed by atoms with E-state index < -0.39 is 54.3 Å². The van der Waals surface area contributed by atoms with Gasteiger partial charge in [-0.05, 0) is 37.1 Å². The van der Waals surface area contributed by atoms with E-state index in [1.165, 1.54) is 44.5 Å². The van der Waals surface area contributed by atoms with Crippen LogP contribution in [0.4, 0.5) is 13.2 Å². The van der Waals surface area contributed by atoms with Gasteiger partial charge in [-0.2, -0.15) is 17.7 Å². The fourth-order valence-corrected chi connectivity index (χ4v) is 3.86. The normalized spacial score (nSPS) is 18.8. The van der Waals surface area contributed by atoms with Crippen molar-refractivity contribution >= 4 is 11.9 Å². The van der Waals surface area contributed by atoms with Crippen LogP contribution in [-0.4, -0.2) is 59.7 Å². The predicted molar refractivity (Wildman–Crippen MR) is 135 cm³/mol. The van der Waals surface area contributed by atoms with Crippen molar-refractivity contribution in [1.82, 2.24) is 9.13 Å². The first-order valence-electron chi connectivity index (χ1n) is 12.3. The summed E-state index contributed by atoms with van der Waals surface area (Å²) in [6.07, 6.45) is -6.71. The number of hydrogen-bond acceptors (Lipinski definition) is 8. The van der Waals surface area contributed by atoms with E-state index in [2.05, 4.69) is 16.6 Å². The Morgan fingerprint density at radius 3 is 2.42 bits per heavy atom. The summed E-state index contributed by atoms with van der Waals surface area (Å²) in [5, 5.41) is 0. The summed E-state index contributed by atoms with van der Waals surface area (Å²) in [6.45, 7) is 4.46. The number of aryl methyl sites for hydroxylation is 1. The third-order valence-electron chi connectivity index (χ3n) is 5.93. The number of ether oxygens (including phenoxy) is 4. The van der Waals surface area contributed by atoms with Crippen LogP contribution in [0.1, 0.15) is 48.8 Å². The number of nitrogens with zero attached hydrogens (tertiary/aromatic N) is 2. The first-order chi connectivity index (χ1) is 18.8. The molecule has 0 saturated carbocycles. The Kier molecular flexibility index (Phi) is 9.94. The van der Waals surface area contributed by atoms with Gasteiger partial charge in [-0.3, -0.25) is 14.2 Å². The number of carbonyl (C=O) groups is 2. The van der Waals surface area contributed by atoms with Crippen LogP contribution in [0.25, 0.3) is 0 Å². The molecule has 2 heterocycles. The molecule has 1 aliphatic heterocycles. The molecular weight excluding hydrogens is 537 g/mol. The first-order valence-corrected chi connectivity index (χ1v) is 12.3. The number of aromatic nitrogens is 2. The molecule has 1 aliphatic rings. The number of carbonyl (C=O) groups excluding carboxylic acids is 2. The predicted octanol–water partition coefficient (Wildman–Crippen LogP) is 2.84. The Morgan fingerprint density at radius 1 is 1.15 bits per heavy atom. The van der Waals surface area contributed by atoms with Crippen LogP contribution in [0.5, 0.6) is 5.75 Å². The number of methoxy groups -OCH3 is 1. The Morgan fingerprint density at radius 2 is 1.82 bits per heavy atom. The van der Waals surface area contributed by atoms with E-state index in [-0.39, 0.29) is 24.2 Å². The molecule has 216 valence electrons. The van der Waals surface area contributed by atoms with E-state index in [0.29, 0.717) is 22.7 Å². The third-order valence-corrected chi connectivity index (χ3v) is 5.93. The molecule has 1 aromatic carbocycles. The van der Waals surface area contributed by atoms with Crippen LogP contribution in [0, 0.1) is 24.7 Å². The smallest absolute Gasteiger partial charge is 0.490 e. The SMILES string of the molecule is COc1ccc(C(=O)n2c(=O)c(C)cn([C@H]3C[C@H](OCC#CCC(C)C)[C@@H](COC(=O)C(F)(F)F)O3)c2=O)cc1. The molecule has 3 atom stereocenters. The summed E-state index contributed by atoms with van der Waals surface area (Å²) in [7, 11) is 1.44. The zero-order chi connectivity index (χ0) is 29.6. The van der Waals surface area contributed by atoms with E-state index in [4.69, 9.17) is 14.2 Å². The molecule has 0 aliphatic carbocycles. The molecule has 0 amide bonds. The van der Waals surface area contributed by atoms with Crippen molar-refractivity contribution in [1.29, 1.82) is 0 Å². The lowest BCUT2D eigenvalue weighted by atomic mass is 10.1. The second-order valence-corrected chi connectivity index (χ2v) is 9.44. The lowest BCUT2D eigenvalue weighted by Crippen LogP contribution is -2.45. The molecule has 3 rings (SSSR count). The molecule has 0 unspecified atom stereocenters. The average molecular weight is 567 g/mol. The largest absolute Gasteiger partial charge is 0.497 e. The highest BCUT2D eigenvalue weighted by molar-refractivity contribution is 5.95. The Bertz CT molecular complexity index is 1400. The van der Waals surface area contributed by atoms with Crippen molar-refractivity contribution in [3.63, 3.8) is 0 Å². The van der Waals surface area contributed by atoms with Crippen LogP contribution in [0.3, 0.4) is 0 Å². The zero-order valence-electron chi connectivity index (χ0n) is 22.3. The molecule has 1 fully saturated rings. The molecule has 13 heteroatoms. The van der Waals surface area contributed by atoms with Crippen molar-refractivity contribution in [2.24, 2.45) is 5.92 Å². The van der Waals surface area contributed by atoms with Crippen LogP contribution in [0.2, 0.25) is 0 Å². The van der Waals surface area contributed by atoms with Crippen LogP contribution < -0.4 is 16.0 Å². The second-order valence-electron chi connectivity index (χ2n) is 9.44. The minimum absolute atomic E-state index is 0.0361. The summed E-state index contributed by atoms with van der Waals surface area (Å²) >= 11 is 0. The van der Waals surface area contributed by atoms with Crippen LogP contribution in [-0.2, 0) is 19.0 Å². The van der Waals surface area contributed by atoms with E-state index in [9.17, 15) is 32.3 Å². The highest BCUT2D eigenvalue weighted by Crippen LogP contribution is 2.31. The number of alkyl halides is 3. The lowest BCUT2D eigenvalue weighted by molar-refractivity contribution is -0.204. The van der Waals surface area contributed by atoms with Gasteiger partial charge in [0, 0.05) is 30.2 Å². The molecular formula is C27H29F3N2O8. The summed E-state index contributed by atoms with van der Waals surface area (Å²) in [4.78, 5) is 50.5. The lowest BCUT2D eigenvalue weighted by Gasteiger charge is -2.19. The summed E-state index contributed by atoms with van der Waals surface area (Å²) in [5.41, 5.74) is -1.79. The molecule has 0 bridgehead atoms. The van der Waals surface area contributed by atoms with Gasteiger partial charge in [0.15, 0.2) is 0 Å². The minimum Gasteiger partial charge on any atom is -0.497 e. The molecule has 10 nitrogen and oxygen atoms in total. The van der Waals surface area contributed by atoms with Crippen molar-refractivity contribution in [3.8, 4) is 17.6 Å². The van der Waals surface area contributed by atoms with E-state index in [1.54, 1.807) is 0 Å². The number of rotatable bonds is 8. The maximum atomic E-state index is 13.3. The standard InChI is InChI=1S/C27H29F3N2O8/c1-16(2)7-5-6-12-38-20-13-22(40-21(20)15-39-25(35)27(28,29)30)31-14-17(3)23(33)32(26(31)36)24(34)18-8-10-19(37-4)11-9-18/h8-11,14,16,20-22H,7,12-13,15H2,1-4H3/t20-,21+,22+/m0/s1. The van der Waals surface area contributed by atoms with Gasteiger partial charge in [-0.25, -0.2) is 9.59 Å². The van der Waals surface area contributed by atoms with Gasteiger partial charge in [0.2, 0.25) is 0 Å². The third kappa shape index (κ3) is 7.40. The number of halogens is 3. The second kappa shape index (κ2) is 13.0. The summed E-state index contributed by atoms with van der Waals surface area (Å²) < 4.78 is 60.3. The topological polar surface area (TPSA) is 115 Å². The molecule has 1 aromatic heterocycles. The average Bonchev–Trinajstić information content (AvgIpc) is 3.30. The Hall–Kier alpha value is -3.89. The molecule has 2 aromatic rings. The fraction of sp³-hybridized carbons (Fsp3) is 0.481. The van der Waals surface area contributed by atoms with Crippen LogP contribution >= 0.6 is 0 Å². The van der Waals surface area contributed by atoms with Gasteiger partial charge in [0.05, 0.1) is 13.2 Å². The highest BCUT2D eigenvalue weighted by atomic mass is 19.4. The molecule has 0 spiro atoms. The van der Waals surface area contributed by atoms with Crippen molar-refractivity contribution in [2.45, 2.75) is 58.2 Å². The molecule has 1 saturated heterocycles. The fourth-order valence-electron chi connectivity index (χ4n) is 3.86. The summed E-state index contributed by atoms with van der Waals surface area (Å²) in [5.74, 6) is 3.21. The van der Waals surface area contributed by atoms with Crippen molar-refractivity contribution in [2.75, 3.05) is 20.3 Å². The van der Waals surface area contributed by atoms with Crippen LogP contribution in [0.15, 0.2) is 40.1 Å². The van der Waals surface area contributed by atoms with Gasteiger partial charge in [0.1, 0.15) is 31.3 Å². The molecule has 0 N–H and O–H groups in total. The first kappa shape index (κ1) is 30.6. The van der Waals surface area contributed by atoms with E-state index >= 15 is 0 Å². The van der Waals surface area contributed by atoms with Gasteiger partial charge in [-0.15, -0.1) is 5.92 Å². The van der Waals surface area contributed by atoms with Gasteiger partial charge in [-0.1, -0.05) is 19.8 Å².